The average molecular weight is 205 g/mol. The minimum atomic E-state index is -4.24. The second kappa shape index (κ2) is 5.54. The number of aliphatic hydroxyl groups is 1. The molecular formula is C5H12NNaO4S. The monoisotopic (exact) mass is 205 g/mol. The smallest absolute Gasteiger partial charge is 0.747 e. The molecule has 0 aliphatic heterocycles. The Balaban J connectivity index is 0. The van der Waals surface area contributed by atoms with Crippen LogP contribution in [0.1, 0.15) is 13.8 Å². The second-order valence-corrected chi connectivity index (χ2v) is 4.32. The summed E-state index contributed by atoms with van der Waals surface area (Å²) in [5.74, 6) is -0.652. The van der Waals surface area contributed by atoms with E-state index in [2.05, 4.69) is 5.32 Å². The Morgan fingerprint density at radius 1 is 1.50 bits per heavy atom. The van der Waals surface area contributed by atoms with E-state index in [-0.39, 0.29) is 36.2 Å². The van der Waals surface area contributed by atoms with Gasteiger partial charge in [-0.2, -0.15) is 0 Å². The SMILES string of the molecule is CC(C)(CO)NCS(=O)(=O)[O-].[Na+]. The average Bonchev–Trinajstić information content (AvgIpc) is 1.83. The van der Waals surface area contributed by atoms with Crippen LogP contribution >= 0.6 is 0 Å². The van der Waals surface area contributed by atoms with E-state index in [1.54, 1.807) is 13.8 Å². The molecule has 7 heteroatoms. The molecule has 0 bridgehead atoms. The Kier molecular flexibility index (Phi) is 7.06. The molecule has 0 saturated heterocycles. The molecule has 0 fully saturated rings. The van der Waals surface area contributed by atoms with E-state index in [4.69, 9.17) is 5.11 Å². The molecule has 2 N–H and O–H groups in total. The molecule has 0 rings (SSSR count). The number of aliphatic hydroxyl groups excluding tert-OH is 1. The van der Waals surface area contributed by atoms with Gasteiger partial charge in [-0.25, -0.2) is 8.42 Å². The van der Waals surface area contributed by atoms with Crippen LogP contribution in [0, 0.1) is 0 Å². The first-order valence-corrected chi connectivity index (χ1v) is 4.64. The van der Waals surface area contributed by atoms with Crippen LogP contribution in [0.4, 0.5) is 0 Å². The van der Waals surface area contributed by atoms with Crippen molar-refractivity contribution >= 4 is 10.1 Å². The van der Waals surface area contributed by atoms with Crippen LogP contribution in [-0.2, 0) is 10.1 Å². The van der Waals surface area contributed by atoms with E-state index in [0.29, 0.717) is 0 Å². The molecule has 0 atom stereocenters. The minimum absolute atomic E-state index is 0. The zero-order valence-electron chi connectivity index (χ0n) is 7.49. The van der Waals surface area contributed by atoms with Gasteiger partial charge >= 0.3 is 29.6 Å². The molecule has 0 spiro atoms. The van der Waals surface area contributed by atoms with Crippen LogP contribution in [-0.4, -0.2) is 36.1 Å². The Morgan fingerprint density at radius 3 is 2.17 bits per heavy atom. The normalized spacial score (nSPS) is 12.3. The van der Waals surface area contributed by atoms with Crippen LogP contribution in [0.5, 0.6) is 0 Å². The van der Waals surface area contributed by atoms with Crippen molar-refractivity contribution in [3.8, 4) is 0 Å². The summed E-state index contributed by atoms with van der Waals surface area (Å²) in [6.07, 6.45) is 0. The van der Waals surface area contributed by atoms with Gasteiger partial charge in [0.1, 0.15) is 10.1 Å². The van der Waals surface area contributed by atoms with Gasteiger partial charge in [-0.05, 0) is 13.8 Å². The second-order valence-electron chi connectivity index (χ2n) is 2.92. The first kappa shape index (κ1) is 15.3. The Hall–Kier alpha value is 0.830. The molecule has 12 heavy (non-hydrogen) atoms. The van der Waals surface area contributed by atoms with Gasteiger partial charge in [-0.15, -0.1) is 0 Å². The van der Waals surface area contributed by atoms with Gasteiger partial charge in [0.25, 0.3) is 0 Å². The maximum absolute atomic E-state index is 10.1. The first-order valence-electron chi connectivity index (χ1n) is 3.06. The van der Waals surface area contributed by atoms with E-state index in [0.717, 1.165) is 0 Å². The molecular weight excluding hydrogens is 193 g/mol. The molecule has 0 heterocycles. The summed E-state index contributed by atoms with van der Waals surface area (Å²) in [5, 5.41) is 11.0. The summed E-state index contributed by atoms with van der Waals surface area (Å²) >= 11 is 0. The largest absolute Gasteiger partial charge is 1.00 e. The fraction of sp³-hybridized carbons (Fsp3) is 1.00. The molecule has 0 aromatic rings. The van der Waals surface area contributed by atoms with Crippen LogP contribution in [0.25, 0.3) is 0 Å². The Labute approximate surface area is 94.6 Å². The van der Waals surface area contributed by atoms with E-state index in [1.165, 1.54) is 0 Å². The molecule has 0 aromatic carbocycles. The van der Waals surface area contributed by atoms with Crippen molar-refractivity contribution in [1.29, 1.82) is 0 Å². The maximum atomic E-state index is 10.1. The number of rotatable bonds is 4. The van der Waals surface area contributed by atoms with E-state index in [9.17, 15) is 13.0 Å². The number of hydrogen-bond donors (Lipinski definition) is 2. The van der Waals surface area contributed by atoms with Crippen molar-refractivity contribution in [2.75, 3.05) is 12.5 Å². The third kappa shape index (κ3) is 8.92. The standard InChI is InChI=1S/C5H13NO4S.Na/c1-5(2,3-7)6-4-11(8,9)10;/h6-7H,3-4H2,1-2H3,(H,8,9,10);/q;+1/p-1. The quantitative estimate of drug-likeness (QED) is 0.359. The fourth-order valence-corrected chi connectivity index (χ4v) is 0.907. The van der Waals surface area contributed by atoms with Gasteiger partial charge in [-0.3, -0.25) is 5.32 Å². The topological polar surface area (TPSA) is 89.5 Å². The zero-order chi connectivity index (χ0) is 9.12. The minimum Gasteiger partial charge on any atom is -0.747 e. The molecule has 0 aliphatic rings. The van der Waals surface area contributed by atoms with Crippen molar-refractivity contribution in [1.82, 2.24) is 5.32 Å². The van der Waals surface area contributed by atoms with E-state index < -0.39 is 21.5 Å². The fourth-order valence-electron chi connectivity index (χ4n) is 0.340. The van der Waals surface area contributed by atoms with E-state index in [1.807, 2.05) is 0 Å². The van der Waals surface area contributed by atoms with Gasteiger partial charge in [0.15, 0.2) is 0 Å². The molecule has 5 nitrogen and oxygen atoms in total. The molecule has 68 valence electrons. The predicted octanol–water partition coefficient (Wildman–Crippen LogP) is -4.15. The van der Waals surface area contributed by atoms with Crippen molar-refractivity contribution in [2.45, 2.75) is 19.4 Å². The summed E-state index contributed by atoms with van der Waals surface area (Å²) < 4.78 is 30.3. The molecule has 0 radical (unpaired) electrons. The first-order chi connectivity index (χ1) is 4.77. The predicted molar refractivity (Wildman–Crippen MR) is 38.9 cm³/mol. The van der Waals surface area contributed by atoms with Gasteiger partial charge in [0.2, 0.25) is 0 Å². The van der Waals surface area contributed by atoms with Crippen molar-refractivity contribution in [3.05, 3.63) is 0 Å². The summed E-state index contributed by atoms with van der Waals surface area (Å²) in [6, 6.07) is 0. The Bertz CT molecular complexity index is 213. The van der Waals surface area contributed by atoms with Gasteiger partial charge in [-0.1, -0.05) is 0 Å². The third-order valence-corrected chi connectivity index (χ3v) is 1.62. The van der Waals surface area contributed by atoms with Crippen LogP contribution in [0.15, 0.2) is 0 Å². The summed E-state index contributed by atoms with van der Waals surface area (Å²) in [6.45, 7) is 2.97. The van der Waals surface area contributed by atoms with E-state index >= 15 is 0 Å². The third-order valence-electron chi connectivity index (χ3n) is 1.12. The van der Waals surface area contributed by atoms with Crippen LogP contribution < -0.4 is 34.9 Å². The molecule has 0 aliphatic carbocycles. The maximum Gasteiger partial charge on any atom is 1.00 e. The molecule has 0 amide bonds. The number of nitrogens with one attached hydrogen (secondary N) is 1. The Morgan fingerprint density at radius 2 is 1.92 bits per heavy atom. The molecule has 0 saturated carbocycles. The van der Waals surface area contributed by atoms with Crippen molar-refractivity contribution in [3.63, 3.8) is 0 Å². The van der Waals surface area contributed by atoms with Crippen molar-refractivity contribution < 1.29 is 47.6 Å². The molecule has 0 unspecified atom stereocenters. The van der Waals surface area contributed by atoms with Gasteiger partial charge in [0, 0.05) is 5.54 Å². The van der Waals surface area contributed by atoms with Crippen LogP contribution in [0.3, 0.4) is 0 Å². The summed E-state index contributed by atoms with van der Waals surface area (Å²) in [7, 11) is -4.24. The molecule has 0 aromatic heterocycles. The summed E-state index contributed by atoms with van der Waals surface area (Å²) in [5.41, 5.74) is -0.725. The summed E-state index contributed by atoms with van der Waals surface area (Å²) in [4.78, 5) is 0. The zero-order valence-corrected chi connectivity index (χ0v) is 10.3. The van der Waals surface area contributed by atoms with Crippen LogP contribution in [0.2, 0.25) is 0 Å². The van der Waals surface area contributed by atoms with Crippen molar-refractivity contribution in [2.24, 2.45) is 0 Å². The van der Waals surface area contributed by atoms with Gasteiger partial charge < -0.3 is 9.66 Å². The number of hydrogen-bond acceptors (Lipinski definition) is 5. The van der Waals surface area contributed by atoms with Gasteiger partial charge in [0.05, 0.1) is 12.5 Å².